The molecule has 0 saturated carbocycles. The smallest absolute Gasteiger partial charge is 0.222 e. The summed E-state index contributed by atoms with van der Waals surface area (Å²) in [6, 6.07) is 16.4. The lowest BCUT2D eigenvalue weighted by Crippen LogP contribution is -2.41. The molecule has 0 radical (unpaired) electrons. The molecule has 0 spiro atoms. The average Bonchev–Trinajstić information content (AvgIpc) is 3.17. The van der Waals surface area contributed by atoms with Crippen LogP contribution in [0.3, 0.4) is 0 Å². The van der Waals surface area contributed by atoms with Crippen LogP contribution >= 0.6 is 24.0 Å². The Labute approximate surface area is 208 Å². The highest BCUT2D eigenvalue weighted by Crippen LogP contribution is 2.17. The Morgan fingerprint density at radius 3 is 2.50 bits per heavy atom. The van der Waals surface area contributed by atoms with Gasteiger partial charge in [0.1, 0.15) is 11.9 Å². The predicted molar refractivity (Wildman–Crippen MR) is 141 cm³/mol. The number of halogens is 1. The van der Waals surface area contributed by atoms with E-state index >= 15 is 0 Å². The summed E-state index contributed by atoms with van der Waals surface area (Å²) in [5, 5.41) is 6.65. The molecule has 6 nitrogen and oxygen atoms in total. The van der Waals surface area contributed by atoms with Crippen LogP contribution in [0.1, 0.15) is 43.4 Å². The molecule has 2 N–H and O–H groups in total. The number of para-hydroxylation sites is 1. The SMILES string of the molecule is CCNC(=NCc1ccc(CN2CCCC2=O)cc1)NCC(C)Oc1ccccc1C.I. The molecule has 1 unspecified atom stereocenters. The third kappa shape index (κ3) is 8.00. The first-order chi connectivity index (χ1) is 15.0. The van der Waals surface area contributed by atoms with Crippen LogP contribution in [-0.2, 0) is 17.9 Å². The fraction of sp³-hybridized carbons (Fsp3) is 0.440. The summed E-state index contributed by atoms with van der Waals surface area (Å²) in [6.07, 6.45) is 1.67. The molecule has 0 aromatic heterocycles. The number of carbonyl (C=O) groups is 1. The Bertz CT molecular complexity index is 886. The Hall–Kier alpha value is -2.29. The number of hydrogen-bond donors (Lipinski definition) is 2. The molecule has 1 atom stereocenters. The van der Waals surface area contributed by atoms with Crippen LogP contribution in [0.2, 0.25) is 0 Å². The topological polar surface area (TPSA) is 66.0 Å². The second-order valence-corrected chi connectivity index (χ2v) is 8.01. The van der Waals surface area contributed by atoms with E-state index in [1.54, 1.807) is 0 Å². The van der Waals surface area contributed by atoms with Crippen molar-refractivity contribution in [2.24, 2.45) is 4.99 Å². The van der Waals surface area contributed by atoms with Gasteiger partial charge in [0.2, 0.25) is 5.91 Å². The van der Waals surface area contributed by atoms with E-state index in [4.69, 9.17) is 9.73 Å². The maximum atomic E-state index is 11.8. The summed E-state index contributed by atoms with van der Waals surface area (Å²) >= 11 is 0. The molecule has 1 aliphatic heterocycles. The quantitative estimate of drug-likeness (QED) is 0.278. The second kappa shape index (κ2) is 13.3. The lowest BCUT2D eigenvalue weighted by atomic mass is 10.1. The Morgan fingerprint density at radius 1 is 1.12 bits per heavy atom. The Kier molecular flexibility index (Phi) is 10.8. The predicted octanol–water partition coefficient (Wildman–Crippen LogP) is 4.26. The van der Waals surface area contributed by atoms with Gasteiger partial charge in [0.25, 0.3) is 0 Å². The highest BCUT2D eigenvalue weighted by molar-refractivity contribution is 14.0. The maximum Gasteiger partial charge on any atom is 0.222 e. The fourth-order valence-electron chi connectivity index (χ4n) is 3.54. The van der Waals surface area contributed by atoms with E-state index in [1.807, 2.05) is 30.0 Å². The third-order valence-corrected chi connectivity index (χ3v) is 5.31. The summed E-state index contributed by atoms with van der Waals surface area (Å²) in [4.78, 5) is 18.4. The average molecular weight is 550 g/mol. The Morgan fingerprint density at radius 2 is 1.84 bits per heavy atom. The largest absolute Gasteiger partial charge is 0.489 e. The summed E-state index contributed by atoms with van der Waals surface area (Å²) in [5.41, 5.74) is 3.43. The number of rotatable bonds is 9. The van der Waals surface area contributed by atoms with Gasteiger partial charge in [-0.1, -0.05) is 42.5 Å². The van der Waals surface area contributed by atoms with Crippen molar-refractivity contribution in [2.45, 2.75) is 52.8 Å². The van der Waals surface area contributed by atoms with Crippen molar-refractivity contribution < 1.29 is 9.53 Å². The minimum Gasteiger partial charge on any atom is -0.489 e. The number of benzene rings is 2. The molecule has 2 aromatic carbocycles. The molecule has 0 aliphatic carbocycles. The third-order valence-electron chi connectivity index (χ3n) is 5.31. The number of carbonyl (C=O) groups excluding carboxylic acids is 1. The van der Waals surface area contributed by atoms with Crippen molar-refractivity contribution in [2.75, 3.05) is 19.6 Å². The number of nitrogens with one attached hydrogen (secondary N) is 2. The maximum absolute atomic E-state index is 11.8. The minimum atomic E-state index is 0. The molecule has 0 bridgehead atoms. The zero-order chi connectivity index (χ0) is 22.1. The molecule has 3 rings (SSSR count). The molecule has 1 heterocycles. The second-order valence-electron chi connectivity index (χ2n) is 8.01. The van der Waals surface area contributed by atoms with E-state index in [2.05, 4.69) is 54.8 Å². The van der Waals surface area contributed by atoms with Crippen molar-refractivity contribution in [3.8, 4) is 5.75 Å². The van der Waals surface area contributed by atoms with Gasteiger partial charge in [-0.3, -0.25) is 4.79 Å². The van der Waals surface area contributed by atoms with Crippen LogP contribution in [-0.4, -0.2) is 42.5 Å². The van der Waals surface area contributed by atoms with Gasteiger partial charge in [0, 0.05) is 26.1 Å². The standard InChI is InChI=1S/C25H34N4O2.HI/c1-4-26-25(27-16-20(3)31-23-9-6-5-8-19(23)2)28-17-21-11-13-22(14-12-21)18-29-15-7-10-24(29)30;/h5-6,8-9,11-14,20H,4,7,10,15-18H2,1-3H3,(H2,26,27,28);1H. The van der Waals surface area contributed by atoms with Crippen LogP contribution in [0.4, 0.5) is 0 Å². The van der Waals surface area contributed by atoms with Gasteiger partial charge in [-0.25, -0.2) is 4.99 Å². The number of likely N-dealkylation sites (tertiary alicyclic amines) is 1. The monoisotopic (exact) mass is 550 g/mol. The van der Waals surface area contributed by atoms with E-state index in [9.17, 15) is 4.79 Å². The molecule has 1 fully saturated rings. The van der Waals surface area contributed by atoms with Crippen LogP contribution in [0.15, 0.2) is 53.5 Å². The van der Waals surface area contributed by atoms with Crippen LogP contribution < -0.4 is 15.4 Å². The van der Waals surface area contributed by atoms with E-state index in [0.29, 0.717) is 26.1 Å². The van der Waals surface area contributed by atoms with Gasteiger partial charge < -0.3 is 20.3 Å². The zero-order valence-corrected chi connectivity index (χ0v) is 21.6. The first-order valence-electron chi connectivity index (χ1n) is 11.1. The zero-order valence-electron chi connectivity index (χ0n) is 19.3. The van der Waals surface area contributed by atoms with Crippen molar-refractivity contribution in [3.63, 3.8) is 0 Å². The van der Waals surface area contributed by atoms with Gasteiger partial charge in [0.15, 0.2) is 5.96 Å². The molecule has 1 aliphatic rings. The fourth-order valence-corrected chi connectivity index (χ4v) is 3.54. The van der Waals surface area contributed by atoms with Gasteiger partial charge in [0.05, 0.1) is 13.1 Å². The van der Waals surface area contributed by atoms with Crippen molar-refractivity contribution in [1.29, 1.82) is 0 Å². The first kappa shape index (κ1) is 26.0. The number of guanidine groups is 1. The minimum absolute atomic E-state index is 0. The van der Waals surface area contributed by atoms with Gasteiger partial charge in [-0.15, -0.1) is 24.0 Å². The van der Waals surface area contributed by atoms with Crippen LogP contribution in [0.25, 0.3) is 0 Å². The lowest BCUT2D eigenvalue weighted by Gasteiger charge is -2.19. The van der Waals surface area contributed by atoms with Crippen LogP contribution in [0.5, 0.6) is 5.75 Å². The van der Waals surface area contributed by atoms with E-state index < -0.39 is 0 Å². The highest BCUT2D eigenvalue weighted by atomic mass is 127. The number of ether oxygens (including phenoxy) is 1. The van der Waals surface area contributed by atoms with E-state index in [0.717, 1.165) is 47.9 Å². The van der Waals surface area contributed by atoms with Gasteiger partial charge >= 0.3 is 0 Å². The van der Waals surface area contributed by atoms with Gasteiger partial charge in [-0.05, 0) is 49.9 Å². The number of hydrogen-bond acceptors (Lipinski definition) is 3. The molecule has 1 saturated heterocycles. The summed E-state index contributed by atoms with van der Waals surface area (Å²) < 4.78 is 6.04. The summed E-state index contributed by atoms with van der Waals surface area (Å²) in [6.45, 7) is 9.76. The van der Waals surface area contributed by atoms with Crippen molar-refractivity contribution >= 4 is 35.8 Å². The molecule has 7 heteroatoms. The molecule has 174 valence electrons. The molecule has 1 amide bonds. The van der Waals surface area contributed by atoms with E-state index in [-0.39, 0.29) is 36.0 Å². The normalized spacial score (nSPS) is 14.7. The number of amides is 1. The highest BCUT2D eigenvalue weighted by Gasteiger charge is 2.19. The number of aliphatic imine (C=N–C) groups is 1. The molecular weight excluding hydrogens is 515 g/mol. The number of aryl methyl sites for hydroxylation is 1. The number of nitrogens with zero attached hydrogens (tertiary/aromatic N) is 2. The van der Waals surface area contributed by atoms with Crippen molar-refractivity contribution in [3.05, 3.63) is 65.2 Å². The lowest BCUT2D eigenvalue weighted by molar-refractivity contribution is -0.128. The summed E-state index contributed by atoms with van der Waals surface area (Å²) in [7, 11) is 0. The molecular formula is C25H35IN4O2. The Balaban J connectivity index is 0.00000363. The van der Waals surface area contributed by atoms with Gasteiger partial charge in [-0.2, -0.15) is 0 Å². The van der Waals surface area contributed by atoms with E-state index in [1.165, 1.54) is 0 Å². The first-order valence-corrected chi connectivity index (χ1v) is 11.1. The summed E-state index contributed by atoms with van der Waals surface area (Å²) in [5.74, 6) is 1.94. The van der Waals surface area contributed by atoms with Crippen molar-refractivity contribution in [1.82, 2.24) is 15.5 Å². The van der Waals surface area contributed by atoms with Crippen LogP contribution in [0, 0.1) is 6.92 Å². The molecule has 2 aromatic rings. The molecule has 32 heavy (non-hydrogen) atoms.